The molecule has 0 saturated heterocycles. The second-order valence-corrected chi connectivity index (χ2v) is 2.48. The van der Waals surface area contributed by atoms with Gasteiger partial charge in [0.15, 0.2) is 0 Å². The molecular weight excluding hydrogens is 200 g/mol. The van der Waals surface area contributed by atoms with E-state index in [9.17, 15) is 9.59 Å². The van der Waals surface area contributed by atoms with Crippen LogP contribution >= 0.6 is 0 Å². The van der Waals surface area contributed by atoms with Crippen molar-refractivity contribution in [2.24, 2.45) is 0 Å². The van der Waals surface area contributed by atoms with Crippen LogP contribution in [0.3, 0.4) is 0 Å². The number of aromatic carboxylic acids is 1. The smallest absolute Gasteiger partial charge is 0.404 e. The number of nitrogens with one attached hydrogen (secondary N) is 1. The third kappa shape index (κ3) is 5.92. The molecule has 0 aromatic heterocycles. The van der Waals surface area contributed by atoms with Crippen LogP contribution in [0.1, 0.15) is 10.4 Å². The van der Waals surface area contributed by atoms with Crippen LogP contribution in [0.15, 0.2) is 24.3 Å². The number of nitrogen functional groups attached to an aromatic ring is 1. The summed E-state index contributed by atoms with van der Waals surface area (Å²) in [6.45, 7) is 0. The van der Waals surface area contributed by atoms with Gasteiger partial charge in [-0.2, -0.15) is 0 Å². The molecule has 0 bridgehead atoms. The molecular formula is C9H12N2O4. The topological polar surface area (TPSA) is 113 Å². The number of hydrogen-bond donors (Lipinski definition) is 4. The molecule has 0 atom stereocenters. The fourth-order valence-corrected chi connectivity index (χ4v) is 0.626. The molecule has 15 heavy (non-hydrogen) atoms. The van der Waals surface area contributed by atoms with E-state index in [4.69, 9.17) is 15.9 Å². The standard InChI is InChI=1S/C7H7NO2.C2H5NO2/c8-6-3-1-5(2-4-6)7(9)10;1-3-2(4)5/h1-4H,8H2,(H,9,10);3H,1H3,(H,4,5). The molecule has 1 aromatic rings. The molecule has 0 aliphatic rings. The van der Waals surface area contributed by atoms with Gasteiger partial charge in [-0.25, -0.2) is 9.59 Å². The number of benzene rings is 1. The summed E-state index contributed by atoms with van der Waals surface area (Å²) in [5.74, 6) is -0.931. The third-order valence-corrected chi connectivity index (χ3v) is 1.37. The number of amides is 1. The lowest BCUT2D eigenvalue weighted by Crippen LogP contribution is -2.13. The maximum absolute atomic E-state index is 10.3. The second-order valence-electron chi connectivity index (χ2n) is 2.48. The van der Waals surface area contributed by atoms with Crippen LogP contribution in [0.4, 0.5) is 10.5 Å². The summed E-state index contributed by atoms with van der Waals surface area (Å²) in [6, 6.07) is 6.06. The van der Waals surface area contributed by atoms with Gasteiger partial charge in [0, 0.05) is 12.7 Å². The maximum atomic E-state index is 10.3. The van der Waals surface area contributed by atoms with Crippen LogP contribution in [0, 0.1) is 0 Å². The van der Waals surface area contributed by atoms with Gasteiger partial charge in [-0.3, -0.25) is 0 Å². The Morgan fingerprint density at radius 3 is 1.87 bits per heavy atom. The van der Waals surface area contributed by atoms with Gasteiger partial charge in [0.25, 0.3) is 0 Å². The van der Waals surface area contributed by atoms with Crippen molar-refractivity contribution in [3.8, 4) is 0 Å². The molecule has 0 aliphatic heterocycles. The van der Waals surface area contributed by atoms with Crippen molar-refractivity contribution >= 4 is 17.7 Å². The predicted octanol–water partition coefficient (Wildman–Crippen LogP) is 0.851. The Morgan fingerprint density at radius 2 is 1.60 bits per heavy atom. The Balaban J connectivity index is 0.000000336. The first-order valence-corrected chi connectivity index (χ1v) is 3.97. The summed E-state index contributed by atoms with van der Waals surface area (Å²) in [6.07, 6.45) is -0.995. The van der Waals surface area contributed by atoms with Crippen LogP contribution in [0.2, 0.25) is 0 Å². The molecule has 5 N–H and O–H groups in total. The average Bonchev–Trinajstić information content (AvgIpc) is 2.19. The number of nitrogens with two attached hydrogens (primary N) is 1. The highest BCUT2D eigenvalue weighted by atomic mass is 16.4. The van der Waals surface area contributed by atoms with Crippen LogP contribution in [-0.4, -0.2) is 29.3 Å². The summed E-state index contributed by atoms with van der Waals surface area (Å²) >= 11 is 0. The van der Waals surface area contributed by atoms with E-state index in [1.54, 1.807) is 12.1 Å². The zero-order valence-electron chi connectivity index (χ0n) is 8.10. The van der Waals surface area contributed by atoms with Gasteiger partial charge in [0.05, 0.1) is 5.56 Å². The van der Waals surface area contributed by atoms with Crippen molar-refractivity contribution in [2.75, 3.05) is 12.8 Å². The maximum Gasteiger partial charge on any atom is 0.404 e. The Morgan fingerprint density at radius 1 is 1.20 bits per heavy atom. The number of rotatable bonds is 1. The van der Waals surface area contributed by atoms with Gasteiger partial charge in [-0.1, -0.05) is 0 Å². The highest BCUT2D eigenvalue weighted by Crippen LogP contribution is 2.04. The minimum absolute atomic E-state index is 0.259. The van der Waals surface area contributed by atoms with Gasteiger partial charge >= 0.3 is 12.1 Å². The molecule has 6 nitrogen and oxygen atoms in total. The molecule has 1 amide bonds. The molecule has 0 fully saturated rings. The minimum atomic E-state index is -0.995. The van der Waals surface area contributed by atoms with Gasteiger partial charge in [0.1, 0.15) is 0 Å². The monoisotopic (exact) mass is 212 g/mol. The normalized spacial score (nSPS) is 8.33. The van der Waals surface area contributed by atoms with Crippen LogP contribution in [0.5, 0.6) is 0 Å². The molecule has 1 rings (SSSR count). The number of carboxylic acid groups (broad SMARTS) is 2. The Bertz CT molecular complexity index is 334. The van der Waals surface area contributed by atoms with E-state index in [1.807, 2.05) is 5.32 Å². The second kappa shape index (κ2) is 6.25. The van der Waals surface area contributed by atoms with E-state index in [0.717, 1.165) is 0 Å². The number of carbonyl (C=O) groups is 2. The van der Waals surface area contributed by atoms with Crippen LogP contribution in [0.25, 0.3) is 0 Å². The fourth-order valence-electron chi connectivity index (χ4n) is 0.626. The molecule has 0 heterocycles. The minimum Gasteiger partial charge on any atom is -0.478 e. The van der Waals surface area contributed by atoms with E-state index in [0.29, 0.717) is 5.69 Å². The summed E-state index contributed by atoms with van der Waals surface area (Å²) < 4.78 is 0. The summed E-state index contributed by atoms with van der Waals surface area (Å²) in [5.41, 5.74) is 6.17. The van der Waals surface area contributed by atoms with Crippen molar-refractivity contribution in [3.05, 3.63) is 29.8 Å². The summed E-state index contributed by atoms with van der Waals surface area (Å²) in [7, 11) is 1.35. The lowest BCUT2D eigenvalue weighted by molar-refractivity contribution is 0.0697. The highest BCUT2D eigenvalue weighted by Gasteiger charge is 1.98. The van der Waals surface area contributed by atoms with Gasteiger partial charge in [-0.15, -0.1) is 0 Å². The highest BCUT2D eigenvalue weighted by molar-refractivity contribution is 5.87. The zero-order valence-corrected chi connectivity index (χ0v) is 8.10. The fraction of sp³-hybridized carbons (Fsp3) is 0.111. The Labute approximate surface area is 86.3 Å². The third-order valence-electron chi connectivity index (χ3n) is 1.37. The molecule has 0 spiro atoms. The van der Waals surface area contributed by atoms with Crippen molar-refractivity contribution in [1.29, 1.82) is 0 Å². The molecule has 6 heteroatoms. The van der Waals surface area contributed by atoms with Gasteiger partial charge in [0.2, 0.25) is 0 Å². The first kappa shape index (κ1) is 12.8. The average molecular weight is 212 g/mol. The molecule has 82 valence electrons. The zero-order chi connectivity index (χ0) is 11.8. The van der Waals surface area contributed by atoms with Gasteiger partial charge < -0.3 is 21.3 Å². The quantitative estimate of drug-likeness (QED) is 0.515. The lowest BCUT2D eigenvalue weighted by atomic mass is 10.2. The predicted molar refractivity (Wildman–Crippen MR) is 54.9 cm³/mol. The number of hydrogen-bond acceptors (Lipinski definition) is 3. The van der Waals surface area contributed by atoms with Crippen molar-refractivity contribution in [1.82, 2.24) is 5.32 Å². The molecule has 1 aromatic carbocycles. The van der Waals surface area contributed by atoms with Gasteiger partial charge in [-0.05, 0) is 24.3 Å². The largest absolute Gasteiger partial charge is 0.478 e. The van der Waals surface area contributed by atoms with Crippen LogP contribution in [-0.2, 0) is 0 Å². The summed E-state index contributed by atoms with van der Waals surface area (Å²) in [4.78, 5) is 19.5. The lowest BCUT2D eigenvalue weighted by Gasteiger charge is -1.93. The number of anilines is 1. The Hall–Kier alpha value is -2.24. The van der Waals surface area contributed by atoms with Crippen molar-refractivity contribution in [3.63, 3.8) is 0 Å². The molecule has 0 radical (unpaired) electrons. The first-order chi connectivity index (χ1) is 6.97. The first-order valence-electron chi connectivity index (χ1n) is 3.97. The van der Waals surface area contributed by atoms with Crippen molar-refractivity contribution in [2.45, 2.75) is 0 Å². The Kier molecular flexibility index (Phi) is 5.32. The van der Waals surface area contributed by atoms with E-state index in [1.165, 1.54) is 19.2 Å². The van der Waals surface area contributed by atoms with Crippen molar-refractivity contribution < 1.29 is 19.8 Å². The summed E-state index contributed by atoms with van der Waals surface area (Å²) in [5, 5.41) is 18.0. The number of carboxylic acids is 1. The SMILES string of the molecule is CNC(=O)O.Nc1ccc(C(=O)O)cc1. The van der Waals surface area contributed by atoms with E-state index in [2.05, 4.69) is 0 Å². The molecule has 0 saturated carbocycles. The van der Waals surface area contributed by atoms with E-state index in [-0.39, 0.29) is 5.56 Å². The molecule has 0 unspecified atom stereocenters. The van der Waals surface area contributed by atoms with E-state index < -0.39 is 12.1 Å². The van der Waals surface area contributed by atoms with E-state index >= 15 is 0 Å². The van der Waals surface area contributed by atoms with Crippen LogP contribution < -0.4 is 11.1 Å². The molecule has 0 aliphatic carbocycles.